The van der Waals surface area contributed by atoms with Crippen LogP contribution in [0.15, 0.2) is 54.7 Å². The molecule has 4 aromatic rings. The van der Waals surface area contributed by atoms with E-state index in [9.17, 15) is 36.3 Å². The summed E-state index contributed by atoms with van der Waals surface area (Å²) in [4.78, 5) is 42.9. The summed E-state index contributed by atoms with van der Waals surface area (Å²) in [6, 6.07) is 7.97. The fourth-order valence-electron chi connectivity index (χ4n) is 4.29. The highest BCUT2D eigenvalue weighted by Gasteiger charge is 2.33. The second-order valence-corrected chi connectivity index (χ2v) is 9.83. The molecule has 2 heterocycles. The van der Waals surface area contributed by atoms with Gasteiger partial charge in [0.15, 0.2) is 5.82 Å². The van der Waals surface area contributed by atoms with E-state index in [-0.39, 0.29) is 40.5 Å². The quantitative estimate of drug-likeness (QED) is 0.237. The zero-order valence-electron chi connectivity index (χ0n) is 22.5. The highest BCUT2D eigenvalue weighted by Crippen LogP contribution is 2.36. The number of rotatable bonds is 9. The van der Waals surface area contributed by atoms with Gasteiger partial charge in [-0.05, 0) is 61.0 Å². The largest absolute Gasteiger partial charge is 0.416 e. The zero-order chi connectivity index (χ0) is 31.5. The van der Waals surface area contributed by atoms with Gasteiger partial charge in [-0.15, -0.1) is 0 Å². The fraction of sp³-hybridized carbons (Fsp3) is 0.214. The van der Waals surface area contributed by atoms with Crippen molar-refractivity contribution in [3.05, 3.63) is 105 Å². The molecule has 0 saturated carbocycles. The Morgan fingerprint density at radius 1 is 1.02 bits per heavy atom. The molecule has 0 saturated heterocycles. The summed E-state index contributed by atoms with van der Waals surface area (Å²) >= 11 is 6.33. The minimum atomic E-state index is -4.94. The number of carbonyl (C=O) groups is 3. The van der Waals surface area contributed by atoms with Crippen molar-refractivity contribution in [1.82, 2.24) is 25.1 Å². The van der Waals surface area contributed by atoms with E-state index in [1.54, 1.807) is 12.1 Å². The van der Waals surface area contributed by atoms with Crippen LogP contribution >= 0.6 is 11.6 Å². The minimum Gasteiger partial charge on any atom is -0.344 e. The summed E-state index contributed by atoms with van der Waals surface area (Å²) in [6.45, 7) is 2.25. The molecule has 0 unspecified atom stereocenters. The maximum atomic E-state index is 14.2. The van der Waals surface area contributed by atoms with Crippen molar-refractivity contribution in [2.24, 2.45) is 0 Å². The van der Waals surface area contributed by atoms with Gasteiger partial charge in [-0.25, -0.2) is 13.8 Å². The van der Waals surface area contributed by atoms with Crippen molar-refractivity contribution in [2.45, 2.75) is 39.0 Å². The number of nitrogens with zero attached hydrogens (tertiary/aromatic N) is 4. The molecule has 0 aliphatic heterocycles. The van der Waals surface area contributed by atoms with Crippen LogP contribution in [0.3, 0.4) is 0 Å². The number of alkyl halides is 3. The van der Waals surface area contributed by atoms with Crippen molar-refractivity contribution in [2.75, 3.05) is 5.32 Å². The van der Waals surface area contributed by atoms with Crippen LogP contribution in [0.5, 0.6) is 0 Å². The Bertz CT molecular complexity index is 1690. The lowest BCUT2D eigenvalue weighted by Crippen LogP contribution is -2.28. The van der Waals surface area contributed by atoms with Gasteiger partial charge in [0.1, 0.15) is 17.4 Å². The number of benzene rings is 2. The van der Waals surface area contributed by atoms with Gasteiger partial charge >= 0.3 is 6.18 Å². The molecule has 43 heavy (non-hydrogen) atoms. The predicted octanol–water partition coefficient (Wildman–Crippen LogP) is 5.55. The molecule has 0 spiro atoms. The summed E-state index contributed by atoms with van der Waals surface area (Å²) in [6.07, 6.45) is -3.51. The number of nitrogens with one attached hydrogen (secondary N) is 2. The van der Waals surface area contributed by atoms with Crippen LogP contribution in [0.2, 0.25) is 5.02 Å². The van der Waals surface area contributed by atoms with Crippen LogP contribution in [-0.2, 0) is 24.1 Å². The van der Waals surface area contributed by atoms with Gasteiger partial charge in [0.25, 0.3) is 11.8 Å². The summed E-state index contributed by atoms with van der Waals surface area (Å²) in [5.41, 5.74) is -1.50. The Balaban J connectivity index is 1.83. The maximum Gasteiger partial charge on any atom is 0.416 e. The van der Waals surface area contributed by atoms with Crippen LogP contribution < -0.4 is 10.6 Å². The second kappa shape index (κ2) is 12.7. The van der Waals surface area contributed by atoms with E-state index < -0.39 is 59.0 Å². The molecular weight excluding hydrogens is 599 g/mol. The van der Waals surface area contributed by atoms with E-state index >= 15 is 0 Å². The third-order valence-corrected chi connectivity index (χ3v) is 6.55. The number of carbonyl (C=O) groups excluding carboxylic acids is 3. The maximum absolute atomic E-state index is 14.2. The lowest BCUT2D eigenvalue weighted by molar-refractivity contribution is -0.137. The van der Waals surface area contributed by atoms with E-state index in [0.717, 1.165) is 12.1 Å². The molecule has 1 atom stereocenters. The molecule has 4 rings (SSSR count). The van der Waals surface area contributed by atoms with E-state index in [2.05, 4.69) is 25.8 Å². The van der Waals surface area contributed by atoms with Gasteiger partial charge < -0.3 is 15.2 Å². The lowest BCUT2D eigenvalue weighted by Gasteiger charge is -2.19. The minimum absolute atomic E-state index is 0.00755. The molecule has 9 nitrogen and oxygen atoms in total. The SMILES string of the molecule is CC(=O)Cn1c(C(=O)NCc2cccnn2)nc(NC(=O)c2cc(F)cc(C(F)(F)F)c2)c1[C@@H](C)c1cc(F)ccc1Cl. The van der Waals surface area contributed by atoms with E-state index in [1.165, 1.54) is 30.7 Å². The van der Waals surface area contributed by atoms with Crippen molar-refractivity contribution in [1.29, 1.82) is 0 Å². The molecule has 2 N–H and O–H groups in total. The van der Waals surface area contributed by atoms with Crippen molar-refractivity contribution in [3.63, 3.8) is 0 Å². The Labute approximate surface area is 246 Å². The number of anilines is 1. The van der Waals surface area contributed by atoms with Crippen LogP contribution in [-0.4, -0.2) is 37.3 Å². The smallest absolute Gasteiger partial charge is 0.344 e. The van der Waals surface area contributed by atoms with Crippen molar-refractivity contribution in [3.8, 4) is 0 Å². The number of ketones is 1. The number of aromatic nitrogens is 4. The molecule has 0 fully saturated rings. The monoisotopic (exact) mass is 620 g/mol. The Morgan fingerprint density at radius 2 is 1.77 bits per heavy atom. The molecule has 2 aromatic heterocycles. The van der Waals surface area contributed by atoms with Crippen LogP contribution in [0.1, 0.15) is 63.3 Å². The average molecular weight is 621 g/mol. The van der Waals surface area contributed by atoms with E-state index in [1.807, 2.05) is 0 Å². The second-order valence-electron chi connectivity index (χ2n) is 9.42. The van der Waals surface area contributed by atoms with Gasteiger partial charge in [0.05, 0.1) is 30.0 Å². The first-order valence-corrected chi connectivity index (χ1v) is 12.9. The molecule has 0 aliphatic rings. The van der Waals surface area contributed by atoms with Gasteiger partial charge in [-0.2, -0.15) is 23.4 Å². The molecule has 2 aromatic carbocycles. The number of imidazole rings is 1. The first kappa shape index (κ1) is 31.2. The van der Waals surface area contributed by atoms with Gasteiger partial charge in [0, 0.05) is 22.7 Å². The Morgan fingerprint density at radius 3 is 2.42 bits per heavy atom. The molecule has 0 radical (unpaired) electrons. The van der Waals surface area contributed by atoms with Crippen LogP contribution in [0.4, 0.5) is 27.8 Å². The topological polar surface area (TPSA) is 119 Å². The van der Waals surface area contributed by atoms with Crippen molar-refractivity contribution < 1.29 is 36.3 Å². The number of hydrogen-bond acceptors (Lipinski definition) is 6. The van der Waals surface area contributed by atoms with Gasteiger partial charge in [-0.3, -0.25) is 14.4 Å². The normalized spacial score (nSPS) is 12.1. The molecule has 0 aliphatic carbocycles. The third-order valence-electron chi connectivity index (χ3n) is 6.20. The Kier molecular flexibility index (Phi) is 9.19. The standard InChI is InChI=1S/C28H22ClF5N6O3/c1-14(41)13-40-23(15(2)21-11-18(30)5-6-22(21)29)24(37-25(40)27(43)35-12-20-4-3-7-36-39-20)38-26(42)16-8-17(28(32,33)34)10-19(31)9-16/h3-11,15H,12-13H2,1-2H3,(H,35,43)(H,38,42)/t15-/m0/s1. The molecule has 15 heteroatoms. The van der Waals surface area contributed by atoms with E-state index in [0.29, 0.717) is 17.8 Å². The van der Waals surface area contributed by atoms with Crippen LogP contribution in [0.25, 0.3) is 0 Å². The molecule has 224 valence electrons. The summed E-state index contributed by atoms with van der Waals surface area (Å²) < 4.78 is 69.3. The van der Waals surface area contributed by atoms with Crippen molar-refractivity contribution >= 4 is 35.0 Å². The van der Waals surface area contributed by atoms with Crippen LogP contribution in [0, 0.1) is 11.6 Å². The highest BCUT2D eigenvalue weighted by molar-refractivity contribution is 6.31. The fourth-order valence-corrected chi connectivity index (χ4v) is 4.57. The van der Waals surface area contributed by atoms with E-state index in [4.69, 9.17) is 11.6 Å². The highest BCUT2D eigenvalue weighted by atomic mass is 35.5. The predicted molar refractivity (Wildman–Crippen MR) is 144 cm³/mol. The zero-order valence-corrected chi connectivity index (χ0v) is 23.2. The first-order chi connectivity index (χ1) is 20.2. The summed E-state index contributed by atoms with van der Waals surface area (Å²) in [5.74, 6) is -6.04. The summed E-state index contributed by atoms with van der Waals surface area (Å²) in [5, 5.41) is 12.6. The van der Waals surface area contributed by atoms with Gasteiger partial charge in [0.2, 0.25) is 5.82 Å². The third kappa shape index (κ3) is 7.38. The number of Topliss-reactive ketones (excluding diaryl/α,β-unsaturated/α-hetero) is 1. The molecule has 2 amide bonds. The summed E-state index contributed by atoms with van der Waals surface area (Å²) in [7, 11) is 0. The first-order valence-electron chi connectivity index (χ1n) is 12.5. The lowest BCUT2D eigenvalue weighted by atomic mass is 9.96. The molecular formula is C28H22ClF5N6O3. The average Bonchev–Trinajstić information content (AvgIpc) is 3.29. The number of hydrogen-bond donors (Lipinski definition) is 2. The van der Waals surface area contributed by atoms with Gasteiger partial charge in [-0.1, -0.05) is 18.5 Å². The number of amides is 2. The number of halogens is 6. The Hall–Kier alpha value is -4.72. The molecule has 0 bridgehead atoms.